The predicted molar refractivity (Wildman–Crippen MR) is 134 cm³/mol. The van der Waals surface area contributed by atoms with Crippen molar-refractivity contribution in [1.82, 2.24) is 4.90 Å². The smallest absolute Gasteiger partial charge is 0.254 e. The van der Waals surface area contributed by atoms with E-state index in [4.69, 9.17) is 27.9 Å². The fourth-order valence-electron chi connectivity index (χ4n) is 4.03. The number of ether oxygens (including phenoxy) is 1. The first-order valence-electron chi connectivity index (χ1n) is 11.5. The van der Waals surface area contributed by atoms with Crippen molar-refractivity contribution in [2.45, 2.75) is 58.0 Å². The number of hydrogen-bond donors (Lipinski definition) is 0. The van der Waals surface area contributed by atoms with E-state index in [2.05, 4.69) is 6.92 Å². The fourth-order valence-corrected chi connectivity index (χ4v) is 6.36. The van der Waals surface area contributed by atoms with Crippen LogP contribution in [0.15, 0.2) is 42.5 Å². The number of halogens is 2. The molecule has 1 atom stereocenters. The summed E-state index contributed by atoms with van der Waals surface area (Å²) in [6.45, 7) is 2.99. The first kappa shape index (κ1) is 25.9. The number of sulfone groups is 1. The van der Waals surface area contributed by atoms with Crippen molar-refractivity contribution in [3.8, 4) is 5.75 Å². The Morgan fingerprint density at radius 1 is 1.06 bits per heavy atom. The number of carbonyl (C=O) groups is 1. The van der Waals surface area contributed by atoms with Crippen molar-refractivity contribution in [3.63, 3.8) is 0 Å². The van der Waals surface area contributed by atoms with Crippen LogP contribution in [0.4, 0.5) is 0 Å². The van der Waals surface area contributed by atoms with Crippen molar-refractivity contribution in [2.24, 2.45) is 0 Å². The molecule has 1 aliphatic rings. The third-order valence-corrected chi connectivity index (χ3v) is 8.16. The van der Waals surface area contributed by atoms with Gasteiger partial charge in [-0.05, 0) is 30.5 Å². The van der Waals surface area contributed by atoms with Crippen molar-refractivity contribution in [3.05, 3.63) is 63.6 Å². The van der Waals surface area contributed by atoms with Gasteiger partial charge in [0.05, 0.1) is 28.2 Å². The molecule has 1 saturated heterocycles. The van der Waals surface area contributed by atoms with Crippen LogP contribution >= 0.6 is 23.2 Å². The lowest BCUT2D eigenvalue weighted by Crippen LogP contribution is -2.40. The van der Waals surface area contributed by atoms with Gasteiger partial charge in [0.25, 0.3) is 5.91 Å². The van der Waals surface area contributed by atoms with Crippen LogP contribution < -0.4 is 4.74 Å². The van der Waals surface area contributed by atoms with E-state index in [-0.39, 0.29) is 33.5 Å². The van der Waals surface area contributed by atoms with E-state index in [0.29, 0.717) is 30.9 Å². The molecular formula is C25H31Cl2NO4S. The Morgan fingerprint density at radius 2 is 1.73 bits per heavy atom. The maximum absolute atomic E-state index is 13.5. The molecule has 33 heavy (non-hydrogen) atoms. The molecule has 5 nitrogen and oxygen atoms in total. The highest BCUT2D eigenvalue weighted by Crippen LogP contribution is 2.35. The van der Waals surface area contributed by atoms with E-state index in [1.807, 2.05) is 30.3 Å². The zero-order valence-corrected chi connectivity index (χ0v) is 21.3. The lowest BCUT2D eigenvalue weighted by molar-refractivity contribution is 0.0681. The molecule has 0 radical (unpaired) electrons. The van der Waals surface area contributed by atoms with E-state index in [0.717, 1.165) is 18.4 Å². The quantitative estimate of drug-likeness (QED) is 0.338. The molecule has 2 aromatic rings. The first-order valence-corrected chi connectivity index (χ1v) is 14.1. The Morgan fingerprint density at radius 3 is 2.33 bits per heavy atom. The summed E-state index contributed by atoms with van der Waals surface area (Å²) in [5.41, 5.74) is 1.25. The van der Waals surface area contributed by atoms with Crippen LogP contribution in [-0.4, -0.2) is 43.4 Å². The van der Waals surface area contributed by atoms with E-state index in [1.54, 1.807) is 17.0 Å². The second kappa shape index (κ2) is 12.1. The molecule has 0 spiro atoms. The number of unbranched alkanes of at least 4 members (excludes halogenated alkanes) is 4. The Kier molecular flexibility index (Phi) is 9.47. The molecule has 0 saturated carbocycles. The van der Waals surface area contributed by atoms with Crippen LogP contribution in [0.1, 0.15) is 61.4 Å². The van der Waals surface area contributed by atoms with E-state index >= 15 is 0 Å². The fraction of sp³-hybridized carbons (Fsp3) is 0.480. The molecule has 0 bridgehead atoms. The molecule has 1 unspecified atom stereocenters. The SMILES string of the molecule is CCCCCCCOc1c(Cl)cc(C(=O)N(Cc2ccccc2)C2CCS(=O)(=O)C2)cc1Cl. The minimum absolute atomic E-state index is 0.0355. The molecule has 1 aliphatic heterocycles. The van der Waals surface area contributed by atoms with Crippen LogP contribution in [0.3, 0.4) is 0 Å². The molecule has 2 aromatic carbocycles. The highest BCUT2D eigenvalue weighted by molar-refractivity contribution is 7.91. The minimum Gasteiger partial charge on any atom is -0.490 e. The average molecular weight is 512 g/mol. The molecule has 1 heterocycles. The number of nitrogens with zero attached hydrogens (tertiary/aromatic N) is 1. The summed E-state index contributed by atoms with van der Waals surface area (Å²) in [5.74, 6) is 0.133. The standard InChI is InChI=1S/C25H31Cl2NO4S/c1-2-3-4-5-9-13-32-24-22(26)15-20(16-23(24)27)25(29)28(17-19-10-7-6-8-11-19)21-12-14-33(30,31)18-21/h6-8,10-11,15-16,21H,2-5,9,12-14,17-18H2,1H3. The van der Waals surface area contributed by atoms with Crippen LogP contribution in [0, 0.1) is 0 Å². The van der Waals surface area contributed by atoms with Gasteiger partial charge in [0.1, 0.15) is 0 Å². The molecule has 3 rings (SSSR count). The van der Waals surface area contributed by atoms with Crippen molar-refractivity contribution in [2.75, 3.05) is 18.1 Å². The molecule has 0 aliphatic carbocycles. The number of benzene rings is 2. The Labute approximate surface area is 206 Å². The van der Waals surface area contributed by atoms with Crippen LogP contribution in [0.5, 0.6) is 5.75 Å². The predicted octanol–water partition coefficient (Wildman–Crippen LogP) is 6.17. The Hall–Kier alpha value is -1.76. The van der Waals surface area contributed by atoms with E-state index in [1.165, 1.54) is 19.3 Å². The van der Waals surface area contributed by atoms with Crippen molar-refractivity contribution >= 4 is 38.9 Å². The highest BCUT2D eigenvalue weighted by Gasteiger charge is 2.35. The molecule has 0 aromatic heterocycles. The second-order valence-electron chi connectivity index (χ2n) is 8.51. The second-order valence-corrected chi connectivity index (χ2v) is 11.6. The number of carbonyl (C=O) groups excluding carboxylic acids is 1. The summed E-state index contributed by atoms with van der Waals surface area (Å²) in [6.07, 6.45) is 5.97. The zero-order valence-electron chi connectivity index (χ0n) is 18.9. The van der Waals surface area contributed by atoms with Gasteiger partial charge < -0.3 is 9.64 Å². The lowest BCUT2D eigenvalue weighted by Gasteiger charge is -2.29. The monoisotopic (exact) mass is 511 g/mol. The molecule has 180 valence electrons. The van der Waals surface area contributed by atoms with Crippen LogP contribution in [0.2, 0.25) is 10.0 Å². The Bertz CT molecular complexity index is 1020. The number of amides is 1. The average Bonchev–Trinajstić information content (AvgIpc) is 3.15. The molecule has 0 N–H and O–H groups in total. The van der Waals surface area contributed by atoms with Gasteiger partial charge in [-0.3, -0.25) is 4.79 Å². The van der Waals surface area contributed by atoms with E-state index in [9.17, 15) is 13.2 Å². The van der Waals surface area contributed by atoms with Gasteiger partial charge in [-0.15, -0.1) is 0 Å². The molecule has 1 amide bonds. The van der Waals surface area contributed by atoms with Gasteiger partial charge in [-0.1, -0.05) is 86.1 Å². The zero-order chi connectivity index (χ0) is 23.8. The first-order chi connectivity index (χ1) is 15.8. The molecule has 1 fully saturated rings. The third-order valence-electron chi connectivity index (χ3n) is 5.85. The highest BCUT2D eigenvalue weighted by atomic mass is 35.5. The topological polar surface area (TPSA) is 63.7 Å². The lowest BCUT2D eigenvalue weighted by atomic mass is 10.1. The summed E-state index contributed by atoms with van der Waals surface area (Å²) in [7, 11) is -3.16. The van der Waals surface area contributed by atoms with Gasteiger partial charge >= 0.3 is 0 Å². The maximum Gasteiger partial charge on any atom is 0.254 e. The van der Waals surface area contributed by atoms with E-state index < -0.39 is 9.84 Å². The van der Waals surface area contributed by atoms with Crippen LogP contribution in [-0.2, 0) is 16.4 Å². The van der Waals surface area contributed by atoms with Gasteiger partial charge in [0.2, 0.25) is 0 Å². The maximum atomic E-state index is 13.5. The largest absolute Gasteiger partial charge is 0.490 e. The number of rotatable bonds is 11. The van der Waals surface area contributed by atoms with Crippen LogP contribution in [0.25, 0.3) is 0 Å². The number of hydrogen-bond acceptors (Lipinski definition) is 4. The van der Waals surface area contributed by atoms with Gasteiger partial charge in [-0.2, -0.15) is 0 Å². The Balaban J connectivity index is 1.76. The summed E-state index contributed by atoms with van der Waals surface area (Å²) in [5, 5.41) is 0.552. The molecular weight excluding hydrogens is 481 g/mol. The summed E-state index contributed by atoms with van der Waals surface area (Å²) in [6, 6.07) is 12.3. The summed E-state index contributed by atoms with van der Waals surface area (Å²) in [4.78, 5) is 15.1. The van der Waals surface area contributed by atoms with Gasteiger partial charge in [0, 0.05) is 18.2 Å². The van der Waals surface area contributed by atoms with Gasteiger partial charge in [-0.25, -0.2) is 8.42 Å². The molecule has 8 heteroatoms. The summed E-state index contributed by atoms with van der Waals surface area (Å²) >= 11 is 12.9. The minimum atomic E-state index is -3.16. The van der Waals surface area contributed by atoms with Crippen molar-refractivity contribution in [1.29, 1.82) is 0 Å². The summed E-state index contributed by atoms with van der Waals surface area (Å²) < 4.78 is 30.0. The van der Waals surface area contributed by atoms with Crippen molar-refractivity contribution < 1.29 is 17.9 Å². The normalized spacial score (nSPS) is 17.1. The third kappa shape index (κ3) is 7.36. The van der Waals surface area contributed by atoms with Gasteiger partial charge in [0.15, 0.2) is 15.6 Å².